The van der Waals surface area contributed by atoms with Crippen LogP contribution in [0.25, 0.3) is 0 Å². The Labute approximate surface area is 115 Å². The minimum atomic E-state index is -0.365. The summed E-state index contributed by atoms with van der Waals surface area (Å²) in [5, 5.41) is 3.28. The number of carbonyl (C=O) groups is 1. The average Bonchev–Trinajstić information content (AvgIpc) is 2.43. The van der Waals surface area contributed by atoms with Crippen molar-refractivity contribution in [1.82, 2.24) is 9.97 Å². The maximum absolute atomic E-state index is 11.9. The third kappa shape index (κ3) is 3.18. The Kier molecular flexibility index (Phi) is 3.94. The molecule has 19 heavy (non-hydrogen) atoms. The van der Waals surface area contributed by atoms with E-state index in [1.807, 2.05) is 13.0 Å². The van der Waals surface area contributed by atoms with Crippen LogP contribution in [0.2, 0.25) is 5.02 Å². The van der Waals surface area contributed by atoms with Crippen molar-refractivity contribution in [2.75, 3.05) is 10.7 Å². The third-order valence-electron chi connectivity index (χ3n) is 2.46. The number of nitrogen functional groups attached to an aromatic ring is 1. The van der Waals surface area contributed by atoms with Crippen molar-refractivity contribution in [2.45, 2.75) is 6.92 Å². The number of carbonyl (C=O) groups excluding carboxylic acids is 1. The molecule has 1 aromatic heterocycles. The van der Waals surface area contributed by atoms with Crippen molar-refractivity contribution in [3.63, 3.8) is 0 Å². The highest BCUT2D eigenvalue weighted by Crippen LogP contribution is 2.20. The van der Waals surface area contributed by atoms with E-state index in [1.54, 1.807) is 12.1 Å². The molecule has 0 radical (unpaired) electrons. The zero-order valence-electron chi connectivity index (χ0n) is 10.1. The summed E-state index contributed by atoms with van der Waals surface area (Å²) in [4.78, 5) is 19.7. The predicted octanol–water partition coefficient (Wildman–Crippen LogP) is 1.98. The van der Waals surface area contributed by atoms with Crippen molar-refractivity contribution >= 4 is 29.0 Å². The van der Waals surface area contributed by atoms with Gasteiger partial charge in [0.05, 0.1) is 12.4 Å². The van der Waals surface area contributed by atoms with E-state index >= 15 is 0 Å². The second kappa shape index (κ2) is 5.64. The van der Waals surface area contributed by atoms with Crippen LogP contribution in [0.1, 0.15) is 16.1 Å². The highest BCUT2D eigenvalue weighted by atomic mass is 35.5. The van der Waals surface area contributed by atoms with Gasteiger partial charge in [0.15, 0.2) is 5.82 Å². The number of anilines is 2. The first-order chi connectivity index (χ1) is 9.10. The van der Waals surface area contributed by atoms with Crippen LogP contribution < -0.4 is 16.6 Å². The van der Waals surface area contributed by atoms with E-state index in [0.29, 0.717) is 16.5 Å². The monoisotopic (exact) mass is 277 g/mol. The topological polar surface area (TPSA) is 92.9 Å². The molecule has 1 aromatic carbocycles. The minimum Gasteiger partial charge on any atom is -0.321 e. The Bertz CT molecular complexity index is 600. The van der Waals surface area contributed by atoms with Gasteiger partial charge in [-0.25, -0.2) is 15.8 Å². The Morgan fingerprint density at radius 2 is 2.11 bits per heavy atom. The molecule has 0 atom stereocenters. The van der Waals surface area contributed by atoms with E-state index in [-0.39, 0.29) is 11.6 Å². The van der Waals surface area contributed by atoms with E-state index in [2.05, 4.69) is 20.7 Å². The van der Waals surface area contributed by atoms with Crippen molar-refractivity contribution in [2.24, 2.45) is 5.84 Å². The largest absolute Gasteiger partial charge is 0.321 e. The molecular weight excluding hydrogens is 266 g/mol. The molecule has 0 saturated heterocycles. The van der Waals surface area contributed by atoms with Gasteiger partial charge in [-0.2, -0.15) is 0 Å². The molecule has 6 nitrogen and oxygen atoms in total. The number of hydrogen-bond acceptors (Lipinski definition) is 5. The summed E-state index contributed by atoms with van der Waals surface area (Å²) in [5.41, 5.74) is 4.07. The number of aryl methyl sites for hydroxylation is 1. The Morgan fingerprint density at radius 1 is 1.32 bits per heavy atom. The maximum atomic E-state index is 11.9. The predicted molar refractivity (Wildman–Crippen MR) is 74.0 cm³/mol. The molecule has 2 aromatic rings. The van der Waals surface area contributed by atoms with Crippen LogP contribution in [-0.2, 0) is 0 Å². The first kappa shape index (κ1) is 13.3. The third-order valence-corrected chi connectivity index (χ3v) is 2.87. The standard InChI is InChI=1S/C12H12ClN5O/c1-7-2-3-8(4-9(7)13)17-12(19)10-5-16-11(18-14)6-15-10/h2-6H,14H2,1H3,(H,16,18)(H,17,19). The average molecular weight is 278 g/mol. The van der Waals surface area contributed by atoms with Crippen molar-refractivity contribution in [1.29, 1.82) is 0 Å². The molecule has 1 amide bonds. The molecular formula is C12H12ClN5O. The summed E-state index contributed by atoms with van der Waals surface area (Å²) in [7, 11) is 0. The number of aromatic nitrogens is 2. The quantitative estimate of drug-likeness (QED) is 0.589. The molecule has 0 aliphatic carbocycles. The molecule has 0 bridgehead atoms. The van der Waals surface area contributed by atoms with Crippen LogP contribution in [0.5, 0.6) is 0 Å². The highest BCUT2D eigenvalue weighted by Gasteiger charge is 2.09. The lowest BCUT2D eigenvalue weighted by Crippen LogP contribution is -2.15. The number of halogens is 1. The zero-order chi connectivity index (χ0) is 13.8. The fraction of sp³-hybridized carbons (Fsp3) is 0.0833. The minimum absolute atomic E-state index is 0.190. The van der Waals surface area contributed by atoms with Gasteiger partial charge in [0.25, 0.3) is 5.91 Å². The fourth-order valence-corrected chi connectivity index (χ4v) is 1.57. The van der Waals surface area contributed by atoms with Gasteiger partial charge in [0, 0.05) is 10.7 Å². The number of hydrazine groups is 1. The summed E-state index contributed by atoms with van der Waals surface area (Å²) in [5.74, 6) is 5.18. The van der Waals surface area contributed by atoms with Crippen molar-refractivity contribution in [3.8, 4) is 0 Å². The number of rotatable bonds is 3. The van der Waals surface area contributed by atoms with E-state index in [9.17, 15) is 4.79 Å². The van der Waals surface area contributed by atoms with Crippen LogP contribution in [0, 0.1) is 6.92 Å². The van der Waals surface area contributed by atoms with Gasteiger partial charge < -0.3 is 10.7 Å². The zero-order valence-corrected chi connectivity index (χ0v) is 10.9. The van der Waals surface area contributed by atoms with Crippen LogP contribution in [0.15, 0.2) is 30.6 Å². The molecule has 0 saturated carbocycles. The smallest absolute Gasteiger partial charge is 0.275 e. The SMILES string of the molecule is Cc1ccc(NC(=O)c2cnc(NN)cn2)cc1Cl. The van der Waals surface area contributed by atoms with Crippen LogP contribution >= 0.6 is 11.6 Å². The number of amides is 1. The number of nitrogens with zero attached hydrogens (tertiary/aromatic N) is 2. The first-order valence-corrected chi connectivity index (χ1v) is 5.84. The van der Waals surface area contributed by atoms with E-state index in [4.69, 9.17) is 17.4 Å². The molecule has 0 spiro atoms. The van der Waals surface area contributed by atoms with E-state index in [0.717, 1.165) is 5.56 Å². The van der Waals surface area contributed by atoms with Gasteiger partial charge >= 0.3 is 0 Å². The summed E-state index contributed by atoms with van der Waals surface area (Å²) in [6.07, 6.45) is 2.71. The summed E-state index contributed by atoms with van der Waals surface area (Å²) >= 11 is 5.98. The number of nitrogens with two attached hydrogens (primary N) is 1. The van der Waals surface area contributed by atoms with Crippen molar-refractivity contribution < 1.29 is 4.79 Å². The molecule has 2 rings (SSSR count). The fourth-order valence-electron chi connectivity index (χ4n) is 1.39. The van der Waals surface area contributed by atoms with Gasteiger partial charge in [-0.15, -0.1) is 0 Å². The Balaban J connectivity index is 2.13. The maximum Gasteiger partial charge on any atom is 0.275 e. The molecule has 0 fully saturated rings. The number of hydrogen-bond donors (Lipinski definition) is 3. The number of nitrogens with one attached hydrogen (secondary N) is 2. The molecule has 4 N–H and O–H groups in total. The normalized spacial score (nSPS) is 10.1. The summed E-state index contributed by atoms with van der Waals surface area (Å²) in [6.45, 7) is 1.89. The molecule has 0 aliphatic rings. The first-order valence-electron chi connectivity index (χ1n) is 5.46. The Morgan fingerprint density at radius 3 is 2.68 bits per heavy atom. The molecule has 0 unspecified atom stereocenters. The second-order valence-electron chi connectivity index (χ2n) is 3.85. The molecule has 0 aliphatic heterocycles. The Hall–Kier alpha value is -2.18. The van der Waals surface area contributed by atoms with E-state index in [1.165, 1.54) is 12.4 Å². The lowest BCUT2D eigenvalue weighted by Gasteiger charge is -2.06. The van der Waals surface area contributed by atoms with Gasteiger partial charge in [-0.05, 0) is 24.6 Å². The highest BCUT2D eigenvalue weighted by molar-refractivity contribution is 6.31. The molecule has 1 heterocycles. The molecule has 7 heteroatoms. The van der Waals surface area contributed by atoms with E-state index < -0.39 is 0 Å². The van der Waals surface area contributed by atoms with Crippen LogP contribution in [0.4, 0.5) is 11.5 Å². The lowest BCUT2D eigenvalue weighted by atomic mass is 10.2. The van der Waals surface area contributed by atoms with Gasteiger partial charge in [-0.1, -0.05) is 17.7 Å². The number of benzene rings is 1. The van der Waals surface area contributed by atoms with Gasteiger partial charge in [0.2, 0.25) is 0 Å². The van der Waals surface area contributed by atoms with Gasteiger partial charge in [0.1, 0.15) is 5.69 Å². The molecule has 98 valence electrons. The lowest BCUT2D eigenvalue weighted by molar-refractivity contribution is 0.102. The summed E-state index contributed by atoms with van der Waals surface area (Å²) < 4.78 is 0. The summed E-state index contributed by atoms with van der Waals surface area (Å²) in [6, 6.07) is 5.27. The second-order valence-corrected chi connectivity index (χ2v) is 4.26. The van der Waals surface area contributed by atoms with Crippen LogP contribution in [0.3, 0.4) is 0 Å². The van der Waals surface area contributed by atoms with Gasteiger partial charge in [-0.3, -0.25) is 4.79 Å². The van der Waals surface area contributed by atoms with Crippen LogP contribution in [-0.4, -0.2) is 15.9 Å². The van der Waals surface area contributed by atoms with Crippen molar-refractivity contribution in [3.05, 3.63) is 46.9 Å².